The summed E-state index contributed by atoms with van der Waals surface area (Å²) in [6.45, 7) is 1.98. The molecule has 0 saturated carbocycles. The van der Waals surface area contributed by atoms with Crippen LogP contribution in [0.4, 0.5) is 10.1 Å². The smallest absolute Gasteiger partial charge is 0.240 e. The minimum Gasteiger partial charge on any atom is -0.303 e. The Morgan fingerprint density at radius 2 is 1.67 bits per heavy atom. The Bertz CT molecular complexity index is 679. The largest absolute Gasteiger partial charge is 0.303 e. The zero-order valence-electron chi connectivity index (χ0n) is 11.5. The average molecular weight is 283 g/mol. The van der Waals surface area contributed by atoms with Crippen LogP contribution in [0.1, 0.15) is 17.2 Å². The van der Waals surface area contributed by atoms with E-state index in [1.54, 1.807) is 17.0 Å². The predicted octanol–water partition coefficient (Wildman–Crippen LogP) is 3.04. The predicted molar refractivity (Wildman–Crippen MR) is 77.4 cm³/mol. The van der Waals surface area contributed by atoms with Crippen LogP contribution in [0.25, 0.3) is 0 Å². The SMILES string of the molecule is Cc1ccc([C@@H]2[C@@H](C=O)C(=O)N2c2ccc(F)cc2)cc1. The monoisotopic (exact) mass is 283 g/mol. The number of amides is 1. The van der Waals surface area contributed by atoms with Crippen LogP contribution in [0.5, 0.6) is 0 Å². The van der Waals surface area contributed by atoms with Gasteiger partial charge in [0.25, 0.3) is 0 Å². The second-order valence-corrected chi connectivity index (χ2v) is 5.20. The normalized spacial score (nSPS) is 21.0. The van der Waals surface area contributed by atoms with Gasteiger partial charge in [0.05, 0.1) is 6.04 Å². The molecule has 1 aliphatic rings. The van der Waals surface area contributed by atoms with Crippen LogP contribution in [-0.4, -0.2) is 12.2 Å². The van der Waals surface area contributed by atoms with Crippen molar-refractivity contribution in [2.45, 2.75) is 13.0 Å². The molecule has 2 aromatic carbocycles. The fraction of sp³-hybridized carbons (Fsp3) is 0.176. The van der Waals surface area contributed by atoms with Crippen LogP contribution < -0.4 is 4.90 Å². The topological polar surface area (TPSA) is 37.4 Å². The van der Waals surface area contributed by atoms with Crippen LogP contribution in [0.3, 0.4) is 0 Å². The van der Waals surface area contributed by atoms with Gasteiger partial charge in [-0.3, -0.25) is 4.79 Å². The number of carbonyl (C=O) groups excluding carboxylic acids is 2. The van der Waals surface area contributed by atoms with Gasteiger partial charge in [-0.15, -0.1) is 0 Å². The van der Waals surface area contributed by atoms with Gasteiger partial charge in [-0.2, -0.15) is 0 Å². The van der Waals surface area contributed by atoms with Crippen LogP contribution in [0, 0.1) is 18.7 Å². The van der Waals surface area contributed by atoms with E-state index in [-0.39, 0.29) is 17.8 Å². The highest BCUT2D eigenvalue weighted by molar-refractivity contribution is 6.10. The number of benzene rings is 2. The third-order valence-electron chi connectivity index (χ3n) is 3.81. The lowest BCUT2D eigenvalue weighted by molar-refractivity contribution is -0.134. The van der Waals surface area contributed by atoms with Crippen LogP contribution in [0.2, 0.25) is 0 Å². The third-order valence-corrected chi connectivity index (χ3v) is 3.81. The highest BCUT2D eigenvalue weighted by Gasteiger charge is 2.48. The van der Waals surface area contributed by atoms with Gasteiger partial charge in [0, 0.05) is 5.69 Å². The van der Waals surface area contributed by atoms with Gasteiger partial charge >= 0.3 is 0 Å². The summed E-state index contributed by atoms with van der Waals surface area (Å²) >= 11 is 0. The van der Waals surface area contributed by atoms with Crippen LogP contribution >= 0.6 is 0 Å². The lowest BCUT2D eigenvalue weighted by Crippen LogP contribution is -2.56. The lowest BCUT2D eigenvalue weighted by Gasteiger charge is -2.45. The van der Waals surface area contributed by atoms with Crippen molar-refractivity contribution in [3.05, 3.63) is 65.5 Å². The van der Waals surface area contributed by atoms with E-state index in [9.17, 15) is 14.0 Å². The van der Waals surface area contributed by atoms with E-state index in [0.717, 1.165) is 11.1 Å². The summed E-state index contributed by atoms with van der Waals surface area (Å²) in [5.74, 6) is -1.27. The van der Waals surface area contributed by atoms with Gasteiger partial charge in [-0.05, 0) is 36.8 Å². The molecular weight excluding hydrogens is 269 g/mol. The minimum absolute atomic E-state index is 0.248. The van der Waals surface area contributed by atoms with Gasteiger partial charge in [-0.25, -0.2) is 4.39 Å². The Morgan fingerprint density at radius 1 is 1.05 bits per heavy atom. The van der Waals surface area contributed by atoms with Crippen molar-refractivity contribution in [3.8, 4) is 0 Å². The van der Waals surface area contributed by atoms with Crippen LogP contribution in [-0.2, 0) is 9.59 Å². The molecule has 1 heterocycles. The van der Waals surface area contributed by atoms with E-state index in [1.165, 1.54) is 12.1 Å². The first kappa shape index (κ1) is 13.5. The third kappa shape index (κ3) is 2.23. The molecule has 0 aliphatic carbocycles. The fourth-order valence-corrected chi connectivity index (χ4v) is 2.65. The molecule has 0 spiro atoms. The molecule has 3 nitrogen and oxygen atoms in total. The molecule has 1 amide bonds. The average Bonchev–Trinajstić information content (AvgIpc) is 2.48. The standard InChI is InChI=1S/C17H14FNO2/c1-11-2-4-12(5-3-11)16-15(10-20)17(21)19(16)14-8-6-13(18)7-9-14/h2-10,15-16H,1H3/t15-,16-/m1/s1. The molecule has 0 aromatic heterocycles. The molecule has 2 aromatic rings. The van der Waals surface area contributed by atoms with Crippen molar-refractivity contribution >= 4 is 17.9 Å². The highest BCUT2D eigenvalue weighted by atomic mass is 19.1. The maximum Gasteiger partial charge on any atom is 0.240 e. The molecule has 3 rings (SSSR count). The second kappa shape index (κ2) is 5.13. The van der Waals surface area contributed by atoms with Gasteiger partial charge in [0.1, 0.15) is 18.0 Å². The Balaban J connectivity index is 1.98. The molecular formula is C17H14FNO2. The summed E-state index contributed by atoms with van der Waals surface area (Å²) < 4.78 is 13.0. The molecule has 21 heavy (non-hydrogen) atoms. The van der Waals surface area contributed by atoms with E-state index in [2.05, 4.69) is 0 Å². The van der Waals surface area contributed by atoms with E-state index in [0.29, 0.717) is 12.0 Å². The van der Waals surface area contributed by atoms with Crippen molar-refractivity contribution < 1.29 is 14.0 Å². The zero-order valence-corrected chi connectivity index (χ0v) is 11.5. The number of rotatable bonds is 3. The van der Waals surface area contributed by atoms with Crippen molar-refractivity contribution in [2.75, 3.05) is 4.90 Å². The Morgan fingerprint density at radius 3 is 2.24 bits per heavy atom. The Kier molecular flexibility index (Phi) is 3.29. The zero-order chi connectivity index (χ0) is 15.0. The summed E-state index contributed by atoms with van der Waals surface area (Å²) in [5, 5.41) is 0. The first-order chi connectivity index (χ1) is 10.1. The summed E-state index contributed by atoms with van der Waals surface area (Å²) in [6, 6.07) is 13.1. The Hall–Kier alpha value is -2.49. The van der Waals surface area contributed by atoms with E-state index >= 15 is 0 Å². The summed E-state index contributed by atoms with van der Waals surface area (Å²) in [4.78, 5) is 24.8. The quantitative estimate of drug-likeness (QED) is 0.493. The number of hydrogen-bond donors (Lipinski definition) is 0. The molecule has 106 valence electrons. The molecule has 0 bridgehead atoms. The number of nitrogens with zero attached hydrogens (tertiary/aromatic N) is 1. The van der Waals surface area contributed by atoms with Gasteiger partial charge in [0.15, 0.2) is 0 Å². The Labute approximate surface area is 122 Å². The number of carbonyl (C=O) groups is 2. The van der Waals surface area contributed by atoms with Gasteiger partial charge in [-0.1, -0.05) is 29.8 Å². The lowest BCUT2D eigenvalue weighted by atomic mass is 9.82. The van der Waals surface area contributed by atoms with E-state index in [1.807, 2.05) is 31.2 Å². The first-order valence-corrected chi connectivity index (χ1v) is 6.72. The number of aryl methyl sites for hydroxylation is 1. The van der Waals surface area contributed by atoms with Crippen molar-refractivity contribution in [1.29, 1.82) is 0 Å². The molecule has 0 radical (unpaired) electrons. The summed E-state index contributed by atoms with van der Waals surface area (Å²) in [5.41, 5.74) is 2.62. The molecule has 0 unspecified atom stereocenters. The molecule has 2 atom stereocenters. The number of β-lactam (4-membered cyclic amide) rings is 1. The van der Waals surface area contributed by atoms with Crippen molar-refractivity contribution in [3.63, 3.8) is 0 Å². The number of anilines is 1. The maximum absolute atomic E-state index is 13.0. The van der Waals surface area contributed by atoms with E-state index < -0.39 is 5.92 Å². The van der Waals surface area contributed by atoms with Gasteiger partial charge in [0.2, 0.25) is 5.91 Å². The molecule has 1 aliphatic heterocycles. The number of halogens is 1. The first-order valence-electron chi connectivity index (χ1n) is 6.72. The number of aldehydes is 1. The maximum atomic E-state index is 13.0. The van der Waals surface area contributed by atoms with Crippen molar-refractivity contribution in [2.24, 2.45) is 5.92 Å². The number of hydrogen-bond acceptors (Lipinski definition) is 2. The molecule has 1 fully saturated rings. The van der Waals surface area contributed by atoms with E-state index in [4.69, 9.17) is 0 Å². The fourth-order valence-electron chi connectivity index (χ4n) is 2.65. The molecule has 4 heteroatoms. The highest BCUT2D eigenvalue weighted by Crippen LogP contribution is 2.42. The summed E-state index contributed by atoms with van der Waals surface area (Å²) in [7, 11) is 0. The van der Waals surface area contributed by atoms with Crippen LogP contribution in [0.15, 0.2) is 48.5 Å². The van der Waals surface area contributed by atoms with Gasteiger partial charge < -0.3 is 9.69 Å². The molecule has 0 N–H and O–H groups in total. The molecule has 1 saturated heterocycles. The second-order valence-electron chi connectivity index (χ2n) is 5.20. The summed E-state index contributed by atoms with van der Waals surface area (Å²) in [6.07, 6.45) is 0.687. The minimum atomic E-state index is -0.669. The van der Waals surface area contributed by atoms with Crippen molar-refractivity contribution in [1.82, 2.24) is 0 Å².